The molecule has 4 heterocycles. The molecule has 1 spiro atoms. The van der Waals surface area contributed by atoms with Crippen LogP contribution in [-0.4, -0.2) is 54.0 Å². The Morgan fingerprint density at radius 2 is 1.97 bits per heavy atom. The van der Waals surface area contributed by atoms with Crippen molar-refractivity contribution < 1.29 is 22.8 Å². The average molecular weight is 447 g/mol. The average Bonchev–Trinajstić information content (AvgIpc) is 3.25. The molecule has 1 saturated carbocycles. The van der Waals surface area contributed by atoms with Gasteiger partial charge in [0.15, 0.2) is 0 Å². The number of nitrogens with one attached hydrogen (secondary N) is 1. The molecule has 0 bridgehead atoms. The van der Waals surface area contributed by atoms with E-state index in [1.165, 1.54) is 0 Å². The normalized spacial score (nSPS) is 17.9. The first-order valence-electron chi connectivity index (χ1n) is 10.1. The van der Waals surface area contributed by atoms with Crippen molar-refractivity contribution in [3.05, 3.63) is 42.2 Å². The Balaban J connectivity index is 1.12. The minimum Gasteiger partial charge on any atom is -0.337 e. The second-order valence-electron chi connectivity index (χ2n) is 8.71. The third kappa shape index (κ3) is 3.49. The first-order valence-corrected chi connectivity index (χ1v) is 10.1. The van der Waals surface area contributed by atoms with E-state index in [0.29, 0.717) is 18.7 Å². The van der Waals surface area contributed by atoms with Crippen molar-refractivity contribution in [2.45, 2.75) is 25.4 Å². The molecule has 1 N–H and O–H groups in total. The zero-order valence-electron chi connectivity index (χ0n) is 17.1. The molecular weight excluding hydrogens is 427 g/mol. The zero-order valence-corrected chi connectivity index (χ0v) is 17.1. The van der Waals surface area contributed by atoms with Gasteiger partial charge in [-0.15, -0.1) is 0 Å². The topological polar surface area (TPSA) is 97.4 Å². The Bertz CT molecular complexity index is 1200. The van der Waals surface area contributed by atoms with Crippen LogP contribution in [0.15, 0.2) is 31.0 Å². The van der Waals surface area contributed by atoms with Crippen LogP contribution in [0.3, 0.4) is 0 Å². The Labute approximate surface area is 180 Å². The van der Waals surface area contributed by atoms with Crippen LogP contribution in [0, 0.1) is 11.3 Å². The number of aromatic nitrogens is 5. The van der Waals surface area contributed by atoms with Gasteiger partial charge in [0, 0.05) is 50.4 Å². The number of likely N-dealkylation sites (tertiary alicyclic amines) is 1. The molecule has 1 aliphatic heterocycles. The predicted molar refractivity (Wildman–Crippen MR) is 106 cm³/mol. The summed E-state index contributed by atoms with van der Waals surface area (Å²) in [5.41, 5.74) is 0.235. The Morgan fingerprint density at radius 3 is 2.69 bits per heavy atom. The number of rotatable bonds is 4. The van der Waals surface area contributed by atoms with Crippen LogP contribution in [0.4, 0.5) is 19.0 Å². The van der Waals surface area contributed by atoms with E-state index in [0.717, 1.165) is 30.9 Å². The lowest BCUT2D eigenvalue weighted by atomic mass is 9.57. The summed E-state index contributed by atoms with van der Waals surface area (Å²) in [6, 6.07) is 0.718. The highest BCUT2D eigenvalue weighted by Crippen LogP contribution is 2.53. The molecule has 2 amide bonds. The van der Waals surface area contributed by atoms with Crippen molar-refractivity contribution in [1.29, 1.82) is 0 Å². The van der Waals surface area contributed by atoms with Crippen LogP contribution in [-0.2, 0) is 18.0 Å². The number of fused-ring (bicyclic) bond motifs is 1. The summed E-state index contributed by atoms with van der Waals surface area (Å²) in [5, 5.41) is 6.62. The third-order valence-corrected chi connectivity index (χ3v) is 6.25. The standard InChI is InChI=1S/C20H20F3N7O2/c1-28-2-3-30-17(28)13(8-26-30)18(32)29-9-19(10-29)6-12(7-19)4-16(31)27-15-5-14(20(21,22)23)24-11-25-15/h2-3,5,8,11-12H,4,6-7,9-10H2,1H3,(H,24,25,27,31). The van der Waals surface area contributed by atoms with Gasteiger partial charge in [0.25, 0.3) is 5.91 Å². The third-order valence-electron chi connectivity index (χ3n) is 6.25. The largest absolute Gasteiger partial charge is 0.433 e. The van der Waals surface area contributed by atoms with Gasteiger partial charge < -0.3 is 14.8 Å². The van der Waals surface area contributed by atoms with Crippen molar-refractivity contribution in [3.63, 3.8) is 0 Å². The van der Waals surface area contributed by atoms with E-state index in [2.05, 4.69) is 20.4 Å². The van der Waals surface area contributed by atoms with Gasteiger partial charge in [-0.25, -0.2) is 14.5 Å². The maximum Gasteiger partial charge on any atom is 0.433 e. The molecule has 32 heavy (non-hydrogen) atoms. The highest BCUT2D eigenvalue weighted by molar-refractivity contribution is 6.00. The van der Waals surface area contributed by atoms with Crippen molar-refractivity contribution >= 4 is 23.3 Å². The Morgan fingerprint density at radius 1 is 1.22 bits per heavy atom. The minimum absolute atomic E-state index is 0.0272. The monoisotopic (exact) mass is 447 g/mol. The molecule has 3 aromatic heterocycles. The molecule has 0 atom stereocenters. The first-order chi connectivity index (χ1) is 15.1. The predicted octanol–water partition coefficient (Wildman–Crippen LogP) is 2.36. The highest BCUT2D eigenvalue weighted by Gasteiger charge is 2.54. The number of aryl methyl sites for hydroxylation is 1. The fourth-order valence-corrected chi connectivity index (χ4v) is 4.88. The van der Waals surface area contributed by atoms with E-state index < -0.39 is 11.9 Å². The van der Waals surface area contributed by atoms with Crippen LogP contribution >= 0.6 is 0 Å². The lowest BCUT2D eigenvalue weighted by Gasteiger charge is -2.59. The van der Waals surface area contributed by atoms with E-state index >= 15 is 0 Å². The first kappa shape index (κ1) is 20.5. The van der Waals surface area contributed by atoms with E-state index in [4.69, 9.17) is 0 Å². The minimum atomic E-state index is -4.60. The number of nitrogens with zero attached hydrogens (tertiary/aromatic N) is 6. The lowest BCUT2D eigenvalue weighted by Crippen LogP contribution is -2.63. The maximum absolute atomic E-state index is 12.8. The van der Waals surface area contributed by atoms with Gasteiger partial charge in [0.1, 0.15) is 29.0 Å². The van der Waals surface area contributed by atoms with E-state index in [1.807, 2.05) is 17.8 Å². The number of hydrogen-bond acceptors (Lipinski definition) is 5. The van der Waals surface area contributed by atoms with E-state index in [-0.39, 0.29) is 35.4 Å². The van der Waals surface area contributed by atoms with Crippen molar-refractivity contribution in [2.75, 3.05) is 18.4 Å². The number of carbonyl (C=O) groups is 2. The van der Waals surface area contributed by atoms with Crippen molar-refractivity contribution in [2.24, 2.45) is 18.4 Å². The number of carbonyl (C=O) groups excluding carboxylic acids is 2. The molecule has 0 radical (unpaired) electrons. The van der Waals surface area contributed by atoms with E-state index in [1.54, 1.807) is 21.8 Å². The van der Waals surface area contributed by atoms with Gasteiger partial charge in [-0.1, -0.05) is 0 Å². The summed E-state index contributed by atoms with van der Waals surface area (Å²) in [7, 11) is 1.86. The molecular formula is C20H20F3N7O2. The van der Waals surface area contributed by atoms with Crippen molar-refractivity contribution in [1.82, 2.24) is 29.0 Å². The lowest BCUT2D eigenvalue weighted by molar-refractivity contribution is -0.141. The second kappa shape index (κ2) is 7.04. The number of halogens is 3. The van der Waals surface area contributed by atoms with Crippen molar-refractivity contribution in [3.8, 4) is 0 Å². The number of anilines is 1. The molecule has 2 fully saturated rings. The van der Waals surface area contributed by atoms with Crippen LogP contribution < -0.4 is 5.32 Å². The molecule has 1 aliphatic carbocycles. The number of hydrogen-bond donors (Lipinski definition) is 1. The summed E-state index contributed by atoms with van der Waals surface area (Å²) < 4.78 is 41.7. The van der Waals surface area contributed by atoms with Crippen LogP contribution in [0.2, 0.25) is 0 Å². The number of imidazole rings is 1. The summed E-state index contributed by atoms with van der Waals surface area (Å²) >= 11 is 0. The molecule has 0 aromatic carbocycles. The van der Waals surface area contributed by atoms with E-state index in [9.17, 15) is 22.8 Å². The van der Waals surface area contributed by atoms with Crippen LogP contribution in [0.25, 0.3) is 5.65 Å². The Kier molecular flexibility index (Phi) is 4.50. The second-order valence-corrected chi connectivity index (χ2v) is 8.71. The smallest absolute Gasteiger partial charge is 0.337 e. The van der Waals surface area contributed by atoms with Gasteiger partial charge in [-0.2, -0.15) is 18.3 Å². The molecule has 168 valence electrons. The summed E-state index contributed by atoms with van der Waals surface area (Å²) in [5.74, 6) is -0.473. The quantitative estimate of drug-likeness (QED) is 0.662. The fourth-order valence-electron chi connectivity index (χ4n) is 4.88. The fraction of sp³-hybridized carbons (Fsp3) is 0.450. The van der Waals surface area contributed by atoms with Gasteiger partial charge in [-0.3, -0.25) is 9.59 Å². The number of alkyl halides is 3. The SMILES string of the molecule is Cn1ccn2ncc(C(=O)N3CC4(CC(CC(=O)Nc5cc(C(F)(F)F)ncn5)C4)C3)c12. The molecule has 1 saturated heterocycles. The molecule has 3 aromatic rings. The maximum atomic E-state index is 12.8. The van der Waals surface area contributed by atoms with Crippen LogP contribution in [0.1, 0.15) is 35.3 Å². The Hall–Kier alpha value is -3.44. The molecule has 0 unspecified atom stereocenters. The van der Waals surface area contributed by atoms with Gasteiger partial charge in [-0.05, 0) is 18.8 Å². The highest BCUT2D eigenvalue weighted by atomic mass is 19.4. The summed E-state index contributed by atoms with van der Waals surface area (Å²) in [6.45, 7) is 1.26. The summed E-state index contributed by atoms with van der Waals surface area (Å²) in [4.78, 5) is 33.7. The van der Waals surface area contributed by atoms with Gasteiger partial charge >= 0.3 is 6.18 Å². The molecule has 5 rings (SSSR count). The van der Waals surface area contributed by atoms with Gasteiger partial charge in [0.2, 0.25) is 5.91 Å². The molecule has 2 aliphatic rings. The molecule has 12 heteroatoms. The molecule has 9 nitrogen and oxygen atoms in total. The van der Waals surface area contributed by atoms with Crippen LogP contribution in [0.5, 0.6) is 0 Å². The summed E-state index contributed by atoms with van der Waals surface area (Å²) in [6.07, 6.45) is 3.19. The zero-order chi connectivity index (χ0) is 22.7. The number of amides is 2. The van der Waals surface area contributed by atoms with Gasteiger partial charge in [0.05, 0.1) is 6.20 Å².